The third kappa shape index (κ3) is 2.71. The van der Waals surface area contributed by atoms with Crippen LogP contribution >= 0.6 is 0 Å². The first-order valence-electron chi connectivity index (χ1n) is 7.98. The van der Waals surface area contributed by atoms with Crippen LogP contribution in [0.5, 0.6) is 5.75 Å². The summed E-state index contributed by atoms with van der Waals surface area (Å²) >= 11 is 0. The van der Waals surface area contributed by atoms with Gasteiger partial charge in [-0.15, -0.1) is 0 Å². The van der Waals surface area contributed by atoms with Crippen molar-refractivity contribution in [3.8, 4) is 5.75 Å². The molecule has 0 saturated heterocycles. The molecule has 0 atom stereocenters. The van der Waals surface area contributed by atoms with E-state index in [9.17, 15) is 14.7 Å². The summed E-state index contributed by atoms with van der Waals surface area (Å²) in [5, 5.41) is 12.7. The molecule has 1 saturated carbocycles. The Kier molecular flexibility index (Phi) is 3.45. The number of hydrogen-bond donors (Lipinski definition) is 2. The summed E-state index contributed by atoms with van der Waals surface area (Å²) in [5.74, 6) is 0.523. The van der Waals surface area contributed by atoms with Crippen LogP contribution in [0.4, 0.5) is 5.82 Å². The fourth-order valence-corrected chi connectivity index (χ4v) is 2.94. The maximum absolute atomic E-state index is 12.7. The van der Waals surface area contributed by atoms with Crippen LogP contribution in [0.15, 0.2) is 36.5 Å². The second kappa shape index (κ2) is 5.63. The number of benzene rings is 1. The summed E-state index contributed by atoms with van der Waals surface area (Å²) in [6.07, 6.45) is 3.36. The van der Waals surface area contributed by atoms with Gasteiger partial charge in [-0.05, 0) is 36.6 Å². The van der Waals surface area contributed by atoms with E-state index >= 15 is 0 Å². The second-order valence-electron chi connectivity index (χ2n) is 6.27. The number of fused-ring (bicyclic) bond motifs is 1. The van der Waals surface area contributed by atoms with Gasteiger partial charge in [0.2, 0.25) is 5.91 Å². The van der Waals surface area contributed by atoms with Gasteiger partial charge >= 0.3 is 0 Å². The standard InChI is InChI=1S/C18H17N3O3/c22-15-3-1-2-13-9-21(10-14(13)15)18(24)12-6-7-19-16(8-12)20-17(23)11-4-5-11/h1-3,6-8,11,22H,4-5,9-10H2,(H,19,20,23). The van der Waals surface area contributed by atoms with Gasteiger partial charge in [-0.1, -0.05) is 12.1 Å². The maximum atomic E-state index is 12.7. The van der Waals surface area contributed by atoms with Gasteiger partial charge in [0.15, 0.2) is 0 Å². The molecule has 1 aliphatic heterocycles. The third-order valence-corrected chi connectivity index (χ3v) is 4.45. The van der Waals surface area contributed by atoms with Crippen molar-refractivity contribution >= 4 is 17.6 Å². The zero-order valence-electron chi connectivity index (χ0n) is 13.0. The fourth-order valence-electron chi connectivity index (χ4n) is 2.94. The molecule has 1 aromatic carbocycles. The van der Waals surface area contributed by atoms with Crippen molar-refractivity contribution < 1.29 is 14.7 Å². The summed E-state index contributed by atoms with van der Waals surface area (Å²) in [5.41, 5.74) is 2.23. The van der Waals surface area contributed by atoms with Crippen molar-refractivity contribution in [3.05, 3.63) is 53.2 Å². The normalized spacial score (nSPS) is 15.9. The van der Waals surface area contributed by atoms with Crippen molar-refractivity contribution in [2.24, 2.45) is 5.92 Å². The minimum atomic E-state index is -0.144. The van der Waals surface area contributed by atoms with Gasteiger partial charge in [-0.2, -0.15) is 0 Å². The summed E-state index contributed by atoms with van der Waals surface area (Å²) in [4.78, 5) is 30.3. The first-order valence-corrected chi connectivity index (χ1v) is 7.98. The predicted molar refractivity (Wildman–Crippen MR) is 87.3 cm³/mol. The molecular weight excluding hydrogens is 306 g/mol. The molecule has 4 rings (SSSR count). The number of carbonyl (C=O) groups excluding carboxylic acids is 2. The Bertz CT molecular complexity index is 830. The molecule has 2 heterocycles. The lowest BCUT2D eigenvalue weighted by atomic mass is 10.1. The molecule has 2 N–H and O–H groups in total. The molecule has 1 aromatic heterocycles. The molecule has 1 fully saturated rings. The van der Waals surface area contributed by atoms with E-state index < -0.39 is 0 Å². The van der Waals surface area contributed by atoms with E-state index in [1.807, 2.05) is 6.07 Å². The average Bonchev–Trinajstić information content (AvgIpc) is 3.34. The minimum Gasteiger partial charge on any atom is -0.508 e. The number of nitrogens with one attached hydrogen (secondary N) is 1. The van der Waals surface area contributed by atoms with Crippen molar-refractivity contribution in [2.45, 2.75) is 25.9 Å². The van der Waals surface area contributed by atoms with E-state index in [-0.39, 0.29) is 23.5 Å². The van der Waals surface area contributed by atoms with Gasteiger partial charge in [-0.25, -0.2) is 4.98 Å². The first kappa shape index (κ1) is 14.7. The summed E-state index contributed by atoms with van der Waals surface area (Å²) in [7, 11) is 0. The SMILES string of the molecule is O=C(Nc1cc(C(=O)N2Cc3cccc(O)c3C2)ccn1)C1CC1. The summed E-state index contributed by atoms with van der Waals surface area (Å²) < 4.78 is 0. The Morgan fingerprint density at radius 3 is 2.79 bits per heavy atom. The Morgan fingerprint density at radius 2 is 2.04 bits per heavy atom. The number of phenolic OH excluding ortho intramolecular Hbond substituents is 1. The van der Waals surface area contributed by atoms with Crippen molar-refractivity contribution in [1.29, 1.82) is 0 Å². The number of hydrogen-bond acceptors (Lipinski definition) is 4. The number of rotatable bonds is 3. The van der Waals surface area contributed by atoms with Gasteiger partial charge in [0.25, 0.3) is 5.91 Å². The Balaban J connectivity index is 1.51. The van der Waals surface area contributed by atoms with E-state index in [1.165, 1.54) is 6.20 Å². The highest BCUT2D eigenvalue weighted by Gasteiger charge is 2.30. The molecule has 0 spiro atoms. The van der Waals surface area contributed by atoms with Crippen LogP contribution in [0.2, 0.25) is 0 Å². The molecule has 2 aliphatic rings. The Morgan fingerprint density at radius 1 is 1.21 bits per heavy atom. The van der Waals surface area contributed by atoms with Crippen LogP contribution in [-0.2, 0) is 17.9 Å². The molecule has 24 heavy (non-hydrogen) atoms. The van der Waals surface area contributed by atoms with Crippen molar-refractivity contribution in [1.82, 2.24) is 9.88 Å². The molecule has 0 unspecified atom stereocenters. The van der Waals surface area contributed by atoms with E-state index in [0.717, 1.165) is 24.0 Å². The Labute approximate surface area is 139 Å². The minimum absolute atomic E-state index is 0.0365. The molecule has 1 aliphatic carbocycles. The lowest BCUT2D eigenvalue weighted by Crippen LogP contribution is -2.25. The van der Waals surface area contributed by atoms with Crippen LogP contribution in [0.3, 0.4) is 0 Å². The molecule has 0 bridgehead atoms. The van der Waals surface area contributed by atoms with Crippen molar-refractivity contribution in [3.63, 3.8) is 0 Å². The number of aromatic hydroxyl groups is 1. The number of nitrogens with zero attached hydrogens (tertiary/aromatic N) is 2. The third-order valence-electron chi connectivity index (χ3n) is 4.45. The van der Waals surface area contributed by atoms with Gasteiger partial charge in [0.1, 0.15) is 11.6 Å². The highest BCUT2D eigenvalue weighted by Crippen LogP contribution is 2.31. The first-order chi connectivity index (χ1) is 11.6. The highest BCUT2D eigenvalue weighted by atomic mass is 16.3. The van der Waals surface area contributed by atoms with E-state index in [1.54, 1.807) is 29.2 Å². The largest absolute Gasteiger partial charge is 0.508 e. The number of phenols is 1. The van der Waals surface area contributed by atoms with Gasteiger partial charge in [0, 0.05) is 29.8 Å². The summed E-state index contributed by atoms with van der Waals surface area (Å²) in [6, 6.07) is 8.56. The number of carbonyl (C=O) groups is 2. The quantitative estimate of drug-likeness (QED) is 0.908. The average molecular weight is 323 g/mol. The zero-order chi connectivity index (χ0) is 16.7. The summed E-state index contributed by atoms with van der Waals surface area (Å²) in [6.45, 7) is 0.849. The van der Waals surface area contributed by atoms with Crippen molar-refractivity contribution in [2.75, 3.05) is 5.32 Å². The number of anilines is 1. The van der Waals surface area contributed by atoms with E-state index in [2.05, 4.69) is 10.3 Å². The van der Waals surface area contributed by atoms with Gasteiger partial charge < -0.3 is 15.3 Å². The van der Waals surface area contributed by atoms with Crippen LogP contribution in [0.1, 0.15) is 34.3 Å². The Hall–Kier alpha value is -2.89. The van der Waals surface area contributed by atoms with Crippen LogP contribution in [-0.4, -0.2) is 26.8 Å². The lowest BCUT2D eigenvalue weighted by molar-refractivity contribution is -0.117. The predicted octanol–water partition coefficient (Wildman–Crippen LogP) is 2.29. The molecule has 0 radical (unpaired) electrons. The molecule has 122 valence electrons. The van der Waals surface area contributed by atoms with Crippen LogP contribution in [0, 0.1) is 5.92 Å². The molecule has 2 aromatic rings. The lowest BCUT2D eigenvalue weighted by Gasteiger charge is -2.16. The smallest absolute Gasteiger partial charge is 0.254 e. The van der Waals surface area contributed by atoms with Crippen LogP contribution < -0.4 is 5.32 Å². The molecule has 2 amide bonds. The van der Waals surface area contributed by atoms with Gasteiger partial charge in [-0.3, -0.25) is 9.59 Å². The fraction of sp³-hybridized carbons (Fsp3) is 0.278. The topological polar surface area (TPSA) is 82.5 Å². The zero-order valence-corrected chi connectivity index (χ0v) is 13.0. The van der Waals surface area contributed by atoms with E-state index in [4.69, 9.17) is 0 Å². The second-order valence-corrected chi connectivity index (χ2v) is 6.27. The monoisotopic (exact) mass is 323 g/mol. The van der Waals surface area contributed by atoms with Crippen LogP contribution in [0.25, 0.3) is 0 Å². The van der Waals surface area contributed by atoms with E-state index in [0.29, 0.717) is 24.5 Å². The number of pyridine rings is 1. The molecule has 6 heteroatoms. The molecular formula is C18H17N3O3. The maximum Gasteiger partial charge on any atom is 0.254 e. The number of aromatic nitrogens is 1. The molecule has 6 nitrogen and oxygen atoms in total. The van der Waals surface area contributed by atoms with Gasteiger partial charge in [0.05, 0.1) is 6.54 Å². The number of amides is 2. The highest BCUT2D eigenvalue weighted by molar-refractivity contribution is 5.97.